The molecule has 0 bridgehead atoms. The molecule has 23 heavy (non-hydrogen) atoms. The van der Waals surface area contributed by atoms with Gasteiger partial charge in [-0.25, -0.2) is 0 Å². The largest absolute Gasteiger partial charge is 0.481 e. The molecule has 5 nitrogen and oxygen atoms in total. The zero-order valence-electron chi connectivity index (χ0n) is 13.7. The predicted molar refractivity (Wildman–Crippen MR) is 95.4 cm³/mol. The summed E-state index contributed by atoms with van der Waals surface area (Å²) in [5.41, 5.74) is 1.09. The van der Waals surface area contributed by atoms with Gasteiger partial charge in [0.15, 0.2) is 10.4 Å². The van der Waals surface area contributed by atoms with Crippen molar-refractivity contribution in [2.75, 3.05) is 5.32 Å². The van der Waals surface area contributed by atoms with Crippen molar-refractivity contribution in [3.05, 3.63) is 29.8 Å². The monoisotopic (exact) mass is 351 g/mol. The third-order valence-corrected chi connectivity index (χ3v) is 4.83. The number of nitrogens with one attached hydrogen (secondary N) is 1. The number of ether oxygens (including phenoxy) is 1. The van der Waals surface area contributed by atoms with E-state index in [0.29, 0.717) is 22.6 Å². The molecule has 1 heterocycles. The van der Waals surface area contributed by atoms with Crippen molar-refractivity contribution in [1.82, 2.24) is 10.2 Å². The quantitative estimate of drug-likeness (QED) is 0.600. The highest BCUT2D eigenvalue weighted by Gasteiger charge is 2.20. The summed E-state index contributed by atoms with van der Waals surface area (Å²) < 4.78 is 6.64. The minimum atomic E-state index is -0.554. The number of carbonyl (C=O) groups is 1. The summed E-state index contributed by atoms with van der Waals surface area (Å²) in [7, 11) is 0. The number of carbonyl (C=O) groups excluding carboxylic acids is 1. The Bertz CT molecular complexity index is 658. The van der Waals surface area contributed by atoms with E-state index in [1.807, 2.05) is 38.1 Å². The maximum Gasteiger partial charge on any atom is 0.267 e. The highest BCUT2D eigenvalue weighted by Crippen LogP contribution is 2.28. The molecule has 0 saturated heterocycles. The second-order valence-electron chi connectivity index (χ2n) is 5.36. The number of anilines is 1. The van der Waals surface area contributed by atoms with Crippen LogP contribution in [-0.2, 0) is 4.79 Å². The van der Waals surface area contributed by atoms with Crippen LogP contribution in [0.15, 0.2) is 28.6 Å². The van der Waals surface area contributed by atoms with Gasteiger partial charge in [0, 0.05) is 5.25 Å². The van der Waals surface area contributed by atoms with Gasteiger partial charge in [-0.1, -0.05) is 56.0 Å². The predicted octanol–water partition coefficient (Wildman–Crippen LogP) is 4.14. The van der Waals surface area contributed by atoms with Crippen LogP contribution in [0.25, 0.3) is 0 Å². The smallest absolute Gasteiger partial charge is 0.267 e. The van der Waals surface area contributed by atoms with E-state index in [1.165, 1.54) is 11.3 Å². The molecule has 124 valence electrons. The van der Waals surface area contributed by atoms with Crippen molar-refractivity contribution in [3.8, 4) is 5.75 Å². The molecule has 1 amide bonds. The Hall–Kier alpha value is -1.60. The molecule has 1 aromatic carbocycles. The highest BCUT2D eigenvalue weighted by molar-refractivity contribution is 8.01. The molecule has 7 heteroatoms. The fraction of sp³-hybridized carbons (Fsp3) is 0.438. The van der Waals surface area contributed by atoms with Crippen LogP contribution in [0.4, 0.5) is 5.13 Å². The lowest BCUT2D eigenvalue weighted by atomic mass is 10.2. The van der Waals surface area contributed by atoms with Gasteiger partial charge in [-0.15, -0.1) is 10.2 Å². The molecule has 0 aliphatic rings. The molecule has 1 aromatic heterocycles. The van der Waals surface area contributed by atoms with Gasteiger partial charge in [-0.3, -0.25) is 10.1 Å². The molecule has 0 aliphatic heterocycles. The van der Waals surface area contributed by atoms with Crippen molar-refractivity contribution in [1.29, 1.82) is 0 Å². The van der Waals surface area contributed by atoms with Crippen molar-refractivity contribution in [2.24, 2.45) is 0 Å². The summed E-state index contributed by atoms with van der Waals surface area (Å²) in [6.07, 6.45) is 0.0218. The first-order valence-corrected chi connectivity index (χ1v) is 9.22. The Balaban J connectivity index is 1.98. The number of thioether (sulfide) groups is 1. The molecule has 0 radical (unpaired) electrons. The van der Waals surface area contributed by atoms with Gasteiger partial charge in [0.05, 0.1) is 0 Å². The molecule has 1 unspecified atom stereocenters. The van der Waals surface area contributed by atoms with E-state index in [9.17, 15) is 4.79 Å². The van der Waals surface area contributed by atoms with Gasteiger partial charge >= 0.3 is 0 Å². The van der Waals surface area contributed by atoms with E-state index in [4.69, 9.17) is 4.74 Å². The first-order valence-electron chi connectivity index (χ1n) is 7.52. The van der Waals surface area contributed by atoms with Crippen LogP contribution in [0.1, 0.15) is 32.8 Å². The van der Waals surface area contributed by atoms with Crippen LogP contribution in [0.2, 0.25) is 0 Å². The number of nitrogens with zero attached hydrogens (tertiary/aromatic N) is 2. The summed E-state index contributed by atoms with van der Waals surface area (Å²) in [4.78, 5) is 12.4. The normalized spacial score (nSPS) is 12.2. The van der Waals surface area contributed by atoms with Crippen LogP contribution in [0.5, 0.6) is 5.75 Å². The molecule has 1 atom stereocenters. The van der Waals surface area contributed by atoms with E-state index < -0.39 is 6.10 Å². The molecule has 0 saturated carbocycles. The Morgan fingerprint density at radius 3 is 2.83 bits per heavy atom. The topological polar surface area (TPSA) is 64.1 Å². The van der Waals surface area contributed by atoms with Crippen molar-refractivity contribution >= 4 is 34.1 Å². The summed E-state index contributed by atoms with van der Waals surface area (Å²) in [6.45, 7) is 8.09. The molecule has 2 aromatic rings. The Kier molecular flexibility index (Phi) is 6.41. The average molecular weight is 351 g/mol. The fourth-order valence-electron chi connectivity index (χ4n) is 1.87. The minimum absolute atomic E-state index is 0.203. The van der Waals surface area contributed by atoms with Crippen LogP contribution in [0, 0.1) is 6.92 Å². The van der Waals surface area contributed by atoms with Gasteiger partial charge in [0.1, 0.15) is 5.75 Å². The van der Waals surface area contributed by atoms with E-state index in [2.05, 4.69) is 29.4 Å². The second kappa shape index (κ2) is 8.31. The summed E-state index contributed by atoms with van der Waals surface area (Å²) in [5, 5.41) is 11.8. The number of hydrogen-bond donors (Lipinski definition) is 1. The summed E-state index contributed by atoms with van der Waals surface area (Å²) >= 11 is 3.01. The number of rotatable bonds is 7. The van der Waals surface area contributed by atoms with Gasteiger partial charge in [0.25, 0.3) is 5.91 Å². The third-order valence-electron chi connectivity index (χ3n) is 2.90. The van der Waals surface area contributed by atoms with Gasteiger partial charge in [-0.2, -0.15) is 0 Å². The standard InChI is InChI=1S/C16H21N3O2S2/c1-5-13(21-12-8-6-7-11(4)9-12)14(20)17-15-18-19-16(23-15)22-10(2)3/h6-10,13H,5H2,1-4H3,(H,17,18,20). The first kappa shape index (κ1) is 17.7. The van der Waals surface area contributed by atoms with Gasteiger partial charge < -0.3 is 4.74 Å². The molecular formula is C16H21N3O2S2. The maximum absolute atomic E-state index is 12.4. The SMILES string of the molecule is CCC(Oc1cccc(C)c1)C(=O)Nc1nnc(SC(C)C)s1. The van der Waals surface area contributed by atoms with Gasteiger partial charge in [-0.05, 0) is 31.0 Å². The number of aryl methyl sites for hydroxylation is 1. The molecule has 0 aliphatic carbocycles. The second-order valence-corrected chi connectivity index (χ2v) is 8.16. The number of benzene rings is 1. The van der Waals surface area contributed by atoms with Crippen LogP contribution >= 0.6 is 23.1 Å². The lowest BCUT2D eigenvalue weighted by Crippen LogP contribution is -2.32. The zero-order chi connectivity index (χ0) is 16.8. The van der Waals surface area contributed by atoms with Crippen molar-refractivity contribution in [3.63, 3.8) is 0 Å². The minimum Gasteiger partial charge on any atom is -0.481 e. The molecular weight excluding hydrogens is 330 g/mol. The van der Waals surface area contributed by atoms with Crippen molar-refractivity contribution < 1.29 is 9.53 Å². The fourth-order valence-corrected chi connectivity index (χ4v) is 3.85. The molecule has 2 rings (SSSR count). The lowest BCUT2D eigenvalue weighted by molar-refractivity contribution is -0.122. The Morgan fingerprint density at radius 2 is 2.17 bits per heavy atom. The third kappa shape index (κ3) is 5.51. The molecule has 0 fully saturated rings. The van der Waals surface area contributed by atoms with Crippen LogP contribution < -0.4 is 10.1 Å². The van der Waals surface area contributed by atoms with Crippen molar-refractivity contribution in [2.45, 2.75) is 49.8 Å². The summed E-state index contributed by atoms with van der Waals surface area (Å²) in [6, 6.07) is 7.67. The van der Waals surface area contributed by atoms with E-state index in [0.717, 1.165) is 9.90 Å². The summed E-state index contributed by atoms with van der Waals surface area (Å²) in [5.74, 6) is 0.492. The van der Waals surface area contributed by atoms with E-state index in [1.54, 1.807) is 11.8 Å². The first-order chi connectivity index (χ1) is 11.0. The highest BCUT2D eigenvalue weighted by atomic mass is 32.2. The lowest BCUT2D eigenvalue weighted by Gasteiger charge is -2.16. The van der Waals surface area contributed by atoms with Crippen LogP contribution in [-0.4, -0.2) is 27.5 Å². The zero-order valence-corrected chi connectivity index (χ0v) is 15.3. The Morgan fingerprint density at radius 1 is 1.39 bits per heavy atom. The molecule has 0 spiro atoms. The molecule has 1 N–H and O–H groups in total. The number of amides is 1. The van der Waals surface area contributed by atoms with E-state index >= 15 is 0 Å². The number of aromatic nitrogens is 2. The van der Waals surface area contributed by atoms with Gasteiger partial charge in [0.2, 0.25) is 5.13 Å². The van der Waals surface area contributed by atoms with E-state index in [-0.39, 0.29) is 5.91 Å². The average Bonchev–Trinajstić information content (AvgIpc) is 2.91. The number of hydrogen-bond acceptors (Lipinski definition) is 6. The maximum atomic E-state index is 12.4. The Labute approximate surface area is 144 Å². The van der Waals surface area contributed by atoms with Crippen LogP contribution in [0.3, 0.4) is 0 Å².